The summed E-state index contributed by atoms with van der Waals surface area (Å²) in [5.41, 5.74) is 3.33. The first kappa shape index (κ1) is 19.9. The summed E-state index contributed by atoms with van der Waals surface area (Å²) in [5, 5.41) is 3.58. The number of fused-ring (bicyclic) bond motifs is 1. The molecule has 0 saturated carbocycles. The number of nitrogens with zero attached hydrogens (tertiary/aromatic N) is 2. The Balaban J connectivity index is 1.76. The summed E-state index contributed by atoms with van der Waals surface area (Å²) in [7, 11) is 0. The minimum atomic E-state index is -0.977. The van der Waals surface area contributed by atoms with Crippen LogP contribution in [0, 0.1) is 11.8 Å². The molecule has 2 N–H and O–H groups in total. The number of piperidine rings is 1. The molecular weight excluding hydrogens is 364 g/mol. The van der Waals surface area contributed by atoms with Gasteiger partial charge in [0.25, 0.3) is 5.91 Å². The highest BCUT2D eigenvalue weighted by Crippen LogP contribution is 2.37. The average molecular weight is 388 g/mol. The monoisotopic (exact) mass is 388 g/mol. The number of carbonyl (C=O) groups excluding carboxylic acids is 5. The van der Waals surface area contributed by atoms with Crippen molar-refractivity contribution in [2.75, 3.05) is 13.1 Å². The molecule has 2 saturated heterocycles. The minimum Gasteiger partial charge on any atom is -0.295 e. The molecule has 2 heterocycles. The van der Waals surface area contributed by atoms with Crippen LogP contribution in [-0.2, 0) is 24.0 Å². The predicted octanol–water partition coefficient (Wildman–Crippen LogP) is -0.348. The number of carbonyl (C=O) groups is 5. The molecule has 3 rings (SSSR count). The molecule has 3 aliphatic rings. The van der Waals surface area contributed by atoms with Crippen LogP contribution in [0.1, 0.15) is 32.6 Å². The lowest BCUT2D eigenvalue weighted by molar-refractivity contribution is -0.151. The van der Waals surface area contributed by atoms with E-state index >= 15 is 0 Å². The van der Waals surface area contributed by atoms with Gasteiger partial charge in [0, 0.05) is 31.0 Å². The number of amides is 5. The average Bonchev–Trinajstić information content (AvgIpc) is 2.93. The Morgan fingerprint density at radius 1 is 1.32 bits per heavy atom. The van der Waals surface area contributed by atoms with E-state index in [0.717, 1.165) is 17.7 Å². The normalized spacial score (nSPS) is 26.8. The van der Waals surface area contributed by atoms with Gasteiger partial charge in [-0.15, -0.1) is 0 Å². The van der Waals surface area contributed by atoms with E-state index in [1.54, 1.807) is 18.2 Å². The third-order valence-corrected chi connectivity index (χ3v) is 5.27. The molecular formula is C19H24N4O5. The van der Waals surface area contributed by atoms with E-state index in [2.05, 4.69) is 10.7 Å². The molecule has 0 radical (unpaired) electrons. The second-order valence-electron chi connectivity index (χ2n) is 7.15. The predicted molar refractivity (Wildman–Crippen MR) is 97.9 cm³/mol. The quantitative estimate of drug-likeness (QED) is 0.254. The largest absolute Gasteiger partial charge is 0.295 e. The van der Waals surface area contributed by atoms with Crippen LogP contribution in [-0.4, -0.2) is 59.1 Å². The number of rotatable bonds is 8. The molecule has 0 aromatic carbocycles. The Hall–Kier alpha value is -2.81. The number of nitrogens with one attached hydrogen (secondary N) is 2. The summed E-state index contributed by atoms with van der Waals surface area (Å²) < 4.78 is 0. The molecule has 150 valence electrons. The summed E-state index contributed by atoms with van der Waals surface area (Å²) in [6.07, 6.45) is 7.84. The molecule has 2 fully saturated rings. The third kappa shape index (κ3) is 3.75. The number of imide groups is 2. The van der Waals surface area contributed by atoms with Crippen LogP contribution in [0.3, 0.4) is 0 Å². The summed E-state index contributed by atoms with van der Waals surface area (Å²) >= 11 is 0. The van der Waals surface area contributed by atoms with Crippen LogP contribution in [0.4, 0.5) is 0 Å². The molecule has 28 heavy (non-hydrogen) atoms. The van der Waals surface area contributed by atoms with Crippen molar-refractivity contribution in [2.24, 2.45) is 11.8 Å². The first-order valence-electron chi connectivity index (χ1n) is 9.52. The van der Waals surface area contributed by atoms with Crippen molar-refractivity contribution in [3.8, 4) is 0 Å². The van der Waals surface area contributed by atoms with Crippen molar-refractivity contribution in [1.29, 1.82) is 0 Å². The fourth-order valence-electron chi connectivity index (χ4n) is 3.82. The minimum absolute atomic E-state index is 0.0825. The summed E-state index contributed by atoms with van der Waals surface area (Å²) in [5.74, 6) is -3.11. The highest BCUT2D eigenvalue weighted by molar-refractivity contribution is 6.18. The van der Waals surface area contributed by atoms with Crippen LogP contribution in [0.5, 0.6) is 0 Å². The maximum absolute atomic E-state index is 13.1. The van der Waals surface area contributed by atoms with Gasteiger partial charge in [0.15, 0.2) is 0 Å². The van der Waals surface area contributed by atoms with Gasteiger partial charge in [-0.05, 0) is 12.8 Å². The molecule has 0 bridgehead atoms. The van der Waals surface area contributed by atoms with Gasteiger partial charge in [-0.1, -0.05) is 31.6 Å². The zero-order valence-electron chi connectivity index (χ0n) is 15.7. The van der Waals surface area contributed by atoms with Crippen molar-refractivity contribution in [1.82, 2.24) is 20.7 Å². The Bertz CT molecular complexity index is 759. The molecule has 2 aliphatic heterocycles. The third-order valence-electron chi connectivity index (χ3n) is 5.27. The van der Waals surface area contributed by atoms with Gasteiger partial charge in [0.2, 0.25) is 24.1 Å². The van der Waals surface area contributed by atoms with Crippen molar-refractivity contribution in [3.05, 3.63) is 23.8 Å². The zero-order chi connectivity index (χ0) is 20.3. The van der Waals surface area contributed by atoms with Crippen molar-refractivity contribution >= 4 is 30.0 Å². The molecule has 0 aromatic rings. The van der Waals surface area contributed by atoms with E-state index in [-0.39, 0.29) is 25.3 Å². The molecule has 3 atom stereocenters. The fraction of sp³-hybridized carbons (Fsp3) is 0.526. The second kappa shape index (κ2) is 8.47. The van der Waals surface area contributed by atoms with Crippen molar-refractivity contribution < 1.29 is 24.0 Å². The maximum Gasteiger partial charge on any atom is 0.257 e. The maximum atomic E-state index is 13.1. The van der Waals surface area contributed by atoms with Crippen LogP contribution >= 0.6 is 0 Å². The van der Waals surface area contributed by atoms with Gasteiger partial charge < -0.3 is 0 Å². The molecule has 0 spiro atoms. The molecule has 9 heteroatoms. The van der Waals surface area contributed by atoms with E-state index in [4.69, 9.17) is 0 Å². The summed E-state index contributed by atoms with van der Waals surface area (Å²) in [4.78, 5) is 61.8. The highest BCUT2D eigenvalue weighted by Gasteiger charge is 2.52. The van der Waals surface area contributed by atoms with E-state index in [1.807, 2.05) is 6.92 Å². The van der Waals surface area contributed by atoms with E-state index in [9.17, 15) is 24.0 Å². The molecule has 1 aliphatic carbocycles. The number of allylic oxidation sites excluding steroid dienone is 2. The SMILES string of the molecule is CCCCNN(C=O)CC1C=CC=C2C(=O)N(C3CCC(=O)NC3=O)C(=O)C21. The second-order valence-corrected chi connectivity index (χ2v) is 7.15. The van der Waals surface area contributed by atoms with E-state index < -0.39 is 35.6 Å². The van der Waals surface area contributed by atoms with Crippen LogP contribution in [0.2, 0.25) is 0 Å². The number of hydrogen-bond acceptors (Lipinski definition) is 6. The number of unbranched alkanes of at least 4 members (excludes halogenated alkanes) is 1. The van der Waals surface area contributed by atoms with E-state index in [0.29, 0.717) is 18.5 Å². The van der Waals surface area contributed by atoms with Gasteiger partial charge in [-0.25, -0.2) is 5.43 Å². The van der Waals surface area contributed by atoms with Gasteiger partial charge in [0.1, 0.15) is 6.04 Å². The lowest BCUT2D eigenvalue weighted by Crippen LogP contribution is -2.54. The van der Waals surface area contributed by atoms with Crippen LogP contribution in [0.15, 0.2) is 23.8 Å². The Labute approximate surface area is 162 Å². The molecule has 0 aromatic heterocycles. The van der Waals surface area contributed by atoms with Crippen LogP contribution < -0.4 is 10.7 Å². The standard InChI is InChI=1S/C19H24N4O5/c1-2-3-9-20-22(11-24)10-12-5-4-6-13-16(12)19(28)23(18(13)27)14-7-8-15(25)21-17(14)26/h4-6,11-12,14,16,20H,2-3,7-10H2,1H3,(H,21,25,26). The molecule has 5 amide bonds. The first-order valence-corrected chi connectivity index (χ1v) is 9.52. The molecule has 3 unspecified atom stereocenters. The Morgan fingerprint density at radius 2 is 2.11 bits per heavy atom. The Morgan fingerprint density at radius 3 is 2.79 bits per heavy atom. The molecule has 9 nitrogen and oxygen atoms in total. The number of likely N-dealkylation sites (tertiary alicyclic amines) is 1. The van der Waals surface area contributed by atoms with Crippen LogP contribution in [0.25, 0.3) is 0 Å². The van der Waals surface area contributed by atoms with Gasteiger partial charge in [-0.2, -0.15) is 0 Å². The van der Waals surface area contributed by atoms with Gasteiger partial charge in [0.05, 0.1) is 5.92 Å². The first-order chi connectivity index (χ1) is 13.5. The highest BCUT2D eigenvalue weighted by atomic mass is 16.2. The number of hydrazine groups is 1. The lowest BCUT2D eigenvalue weighted by Gasteiger charge is -2.29. The lowest BCUT2D eigenvalue weighted by atomic mass is 9.83. The van der Waals surface area contributed by atoms with E-state index in [1.165, 1.54) is 5.01 Å². The zero-order valence-corrected chi connectivity index (χ0v) is 15.7. The summed E-state index contributed by atoms with van der Waals surface area (Å²) in [6, 6.07) is -0.977. The van der Waals surface area contributed by atoms with Crippen molar-refractivity contribution in [2.45, 2.75) is 38.6 Å². The topological polar surface area (TPSA) is 116 Å². The smallest absolute Gasteiger partial charge is 0.257 e. The van der Waals surface area contributed by atoms with Crippen molar-refractivity contribution in [3.63, 3.8) is 0 Å². The number of hydrogen-bond donors (Lipinski definition) is 2. The summed E-state index contributed by atoms with van der Waals surface area (Å²) in [6.45, 7) is 2.91. The van der Waals surface area contributed by atoms with Gasteiger partial charge >= 0.3 is 0 Å². The fourth-order valence-corrected chi connectivity index (χ4v) is 3.82. The van der Waals surface area contributed by atoms with Gasteiger partial charge in [-0.3, -0.25) is 39.2 Å². The Kier molecular flexibility index (Phi) is 6.03.